The van der Waals surface area contributed by atoms with Gasteiger partial charge in [-0.2, -0.15) is 0 Å². The van der Waals surface area contributed by atoms with E-state index in [-0.39, 0.29) is 42.0 Å². The van der Waals surface area contributed by atoms with Gasteiger partial charge in [-0.1, -0.05) is 60.7 Å². The number of aliphatic imine (C=N–C) groups is 1. The van der Waals surface area contributed by atoms with Gasteiger partial charge in [0, 0.05) is 55.6 Å². The Bertz CT molecular complexity index is 1850. The molecule has 12 nitrogen and oxygen atoms in total. The summed E-state index contributed by atoms with van der Waals surface area (Å²) in [5.74, 6) is -8.96. The molecule has 280 valence electrons. The fourth-order valence-corrected chi connectivity index (χ4v) is 6.53. The first kappa shape index (κ1) is 38.9. The molecule has 0 aromatic heterocycles. The number of hydrogen-bond acceptors (Lipinski definition) is 10. The number of allylic oxidation sites excluding steroid dienone is 2. The Hall–Kier alpha value is -5.34. The summed E-state index contributed by atoms with van der Waals surface area (Å²) in [7, 11) is 3.08. The molecule has 3 unspecified atom stereocenters. The fourth-order valence-electron chi connectivity index (χ4n) is 6.53. The average Bonchev–Trinajstić information content (AvgIpc) is 3.72. The van der Waals surface area contributed by atoms with E-state index in [0.29, 0.717) is 31.6 Å². The van der Waals surface area contributed by atoms with E-state index in [0.717, 1.165) is 23.8 Å². The van der Waals surface area contributed by atoms with Crippen molar-refractivity contribution in [3.8, 4) is 0 Å². The molecule has 0 radical (unpaired) electrons. The summed E-state index contributed by atoms with van der Waals surface area (Å²) in [6.45, 7) is 0.938. The van der Waals surface area contributed by atoms with E-state index in [2.05, 4.69) is 4.99 Å². The molecule has 1 heterocycles. The van der Waals surface area contributed by atoms with Crippen molar-refractivity contribution in [3.05, 3.63) is 117 Å². The van der Waals surface area contributed by atoms with Crippen molar-refractivity contribution in [2.45, 2.75) is 63.4 Å². The van der Waals surface area contributed by atoms with Gasteiger partial charge < -0.3 is 24.8 Å². The number of anilines is 1. The van der Waals surface area contributed by atoms with Crippen LogP contribution in [0, 0.1) is 22.0 Å². The SMILES string of the molecule is CN(C=O)c1ccc(C(C(=O)OCc2ccccc2)C(=O)/C(N)=C2\C[C@H]3C(C\C2=N/C2CCCCO2)C3(F)F)c([N+](=O)[O-])c1.COCc1ccccc1. The van der Waals surface area contributed by atoms with Gasteiger partial charge in [-0.25, -0.2) is 8.78 Å². The molecule has 1 aliphatic heterocycles. The van der Waals surface area contributed by atoms with Crippen molar-refractivity contribution in [2.75, 3.05) is 25.7 Å². The normalized spacial score (nSPS) is 22.3. The zero-order valence-electron chi connectivity index (χ0n) is 29.5. The molecule has 0 spiro atoms. The van der Waals surface area contributed by atoms with Crippen LogP contribution in [0.4, 0.5) is 20.2 Å². The smallest absolute Gasteiger partial charge is 0.322 e. The first-order valence-electron chi connectivity index (χ1n) is 17.2. The number of nitro groups is 1. The number of Topliss-reactive ketones (excluding diaryl/α,β-unsaturated/α-hetero) is 1. The third-order valence-corrected chi connectivity index (χ3v) is 9.56. The molecule has 2 N–H and O–H groups in total. The number of benzene rings is 3. The van der Waals surface area contributed by atoms with E-state index >= 15 is 0 Å². The number of hydrogen-bond donors (Lipinski definition) is 1. The van der Waals surface area contributed by atoms with Gasteiger partial charge in [0.25, 0.3) is 11.6 Å². The molecule has 2 aliphatic carbocycles. The molecule has 1 saturated heterocycles. The Labute approximate surface area is 305 Å². The summed E-state index contributed by atoms with van der Waals surface area (Å²) >= 11 is 0. The van der Waals surface area contributed by atoms with Crippen LogP contribution in [0.15, 0.2) is 95.1 Å². The predicted octanol–water partition coefficient (Wildman–Crippen LogP) is 6.27. The third-order valence-electron chi connectivity index (χ3n) is 9.56. The Morgan fingerprint density at radius 1 is 1.04 bits per heavy atom. The van der Waals surface area contributed by atoms with Crippen LogP contribution < -0.4 is 10.6 Å². The number of rotatable bonds is 12. The number of carbonyl (C=O) groups is 3. The molecule has 3 aromatic rings. The van der Waals surface area contributed by atoms with Gasteiger partial charge in [-0.05, 0) is 55.4 Å². The number of carbonyl (C=O) groups excluding carboxylic acids is 3. The van der Waals surface area contributed by atoms with Crippen molar-refractivity contribution in [1.29, 1.82) is 0 Å². The highest BCUT2D eigenvalue weighted by Gasteiger charge is 2.69. The first-order valence-corrected chi connectivity index (χ1v) is 17.2. The van der Waals surface area contributed by atoms with Gasteiger partial charge in [0.15, 0.2) is 11.7 Å². The lowest BCUT2D eigenvalue weighted by molar-refractivity contribution is -0.385. The number of alkyl halides is 2. The largest absolute Gasteiger partial charge is 0.460 e. The van der Waals surface area contributed by atoms with E-state index in [9.17, 15) is 33.3 Å². The number of halogens is 2. The molecule has 1 amide bonds. The quantitative estimate of drug-likeness (QED) is 0.0565. The number of ether oxygens (including phenoxy) is 3. The molecule has 3 aromatic carbocycles. The van der Waals surface area contributed by atoms with Crippen LogP contribution in [0.2, 0.25) is 0 Å². The number of nitrogens with zero attached hydrogens (tertiary/aromatic N) is 3. The maximum absolute atomic E-state index is 14.6. The summed E-state index contributed by atoms with van der Waals surface area (Å²) < 4.78 is 45.2. The Morgan fingerprint density at radius 3 is 2.26 bits per heavy atom. The lowest BCUT2D eigenvalue weighted by Gasteiger charge is -2.24. The van der Waals surface area contributed by atoms with Crippen LogP contribution in [0.5, 0.6) is 0 Å². The number of nitro benzene ring substituents is 1. The Balaban J connectivity index is 0.000000526. The average molecular weight is 733 g/mol. The number of amides is 1. The van der Waals surface area contributed by atoms with Gasteiger partial charge in [0.2, 0.25) is 6.41 Å². The summed E-state index contributed by atoms with van der Waals surface area (Å²) in [6, 6.07) is 22.3. The van der Waals surface area contributed by atoms with Gasteiger partial charge in [0.05, 0.1) is 22.8 Å². The van der Waals surface area contributed by atoms with Gasteiger partial charge in [0.1, 0.15) is 12.8 Å². The molecular formula is C39H42F2N4O8. The Morgan fingerprint density at radius 2 is 1.68 bits per heavy atom. The molecule has 6 rings (SSSR count). The van der Waals surface area contributed by atoms with Gasteiger partial charge in [-0.3, -0.25) is 29.5 Å². The summed E-state index contributed by atoms with van der Waals surface area (Å²) in [6.07, 6.45) is 1.78. The summed E-state index contributed by atoms with van der Waals surface area (Å²) in [5, 5.41) is 12.2. The van der Waals surface area contributed by atoms with Crippen molar-refractivity contribution in [1.82, 2.24) is 0 Å². The minimum absolute atomic E-state index is 0.0865. The zero-order valence-corrected chi connectivity index (χ0v) is 29.5. The highest BCUT2D eigenvalue weighted by molar-refractivity contribution is 6.17. The lowest BCUT2D eigenvalue weighted by atomic mass is 9.85. The highest BCUT2D eigenvalue weighted by atomic mass is 19.3. The second-order valence-corrected chi connectivity index (χ2v) is 13.1. The molecule has 3 fully saturated rings. The van der Waals surface area contributed by atoms with Crippen molar-refractivity contribution in [3.63, 3.8) is 0 Å². The number of esters is 1. The number of methoxy groups -OCH3 is 1. The van der Waals surface area contributed by atoms with Crippen molar-refractivity contribution < 1.29 is 42.3 Å². The van der Waals surface area contributed by atoms with E-state index in [1.807, 2.05) is 30.3 Å². The Kier molecular flexibility index (Phi) is 12.8. The molecular weight excluding hydrogens is 690 g/mol. The maximum Gasteiger partial charge on any atom is 0.322 e. The molecule has 2 saturated carbocycles. The molecule has 53 heavy (non-hydrogen) atoms. The van der Waals surface area contributed by atoms with E-state index in [4.69, 9.17) is 19.9 Å². The lowest BCUT2D eigenvalue weighted by Crippen LogP contribution is -2.32. The van der Waals surface area contributed by atoms with E-state index < -0.39 is 58.0 Å². The number of nitrogens with two attached hydrogens (primary N) is 1. The topological polar surface area (TPSA) is 164 Å². The van der Waals surface area contributed by atoms with E-state index in [1.54, 1.807) is 37.4 Å². The summed E-state index contributed by atoms with van der Waals surface area (Å²) in [5.41, 5.74) is 7.25. The van der Waals surface area contributed by atoms with Gasteiger partial charge >= 0.3 is 5.97 Å². The van der Waals surface area contributed by atoms with Crippen LogP contribution in [-0.4, -0.2) is 61.7 Å². The van der Waals surface area contributed by atoms with Crippen LogP contribution in [-0.2, 0) is 41.8 Å². The predicted molar refractivity (Wildman–Crippen MR) is 192 cm³/mol. The number of ketones is 1. The maximum atomic E-state index is 14.6. The van der Waals surface area contributed by atoms with Crippen molar-refractivity contribution in [2.24, 2.45) is 22.6 Å². The monoisotopic (exact) mass is 732 g/mol. The van der Waals surface area contributed by atoms with E-state index in [1.165, 1.54) is 24.7 Å². The minimum atomic E-state index is -2.95. The second kappa shape index (κ2) is 17.5. The van der Waals surface area contributed by atoms with Crippen LogP contribution in [0.25, 0.3) is 0 Å². The first-order chi connectivity index (χ1) is 25.5. The minimum Gasteiger partial charge on any atom is -0.460 e. The molecule has 0 bridgehead atoms. The van der Waals surface area contributed by atoms with Crippen LogP contribution in [0.3, 0.4) is 0 Å². The van der Waals surface area contributed by atoms with Gasteiger partial charge in [-0.15, -0.1) is 0 Å². The number of fused-ring (bicyclic) bond motifs is 1. The zero-order chi connectivity index (χ0) is 38.1. The molecule has 14 heteroatoms. The second-order valence-electron chi connectivity index (χ2n) is 13.1. The third kappa shape index (κ3) is 9.37. The fraction of sp³-hybridized carbons (Fsp3) is 0.385. The standard InChI is InChI=1S/C31H32F2N4O7.C8H10O/c1-36(17-38)19-10-11-20(25(13-19)37(41)42)27(30(40)44-16-18-7-3-2-4-8-18)29(39)28(34)21-14-22-23(31(22,32)33)15-24(21)35-26-9-5-6-12-43-26;1-9-7-8-5-3-2-4-6-8/h2-4,7-8,10-11,13,17,22-23,26-27H,5-6,9,12,14-16,34H2,1H3;2-6H,7H2,1H3/b28-21-,35-24+;/t22-,23?,26?,27?;/m0./s1. The van der Waals surface area contributed by atoms with Crippen molar-refractivity contribution >= 4 is 35.2 Å². The molecule has 4 atom stereocenters. The van der Waals surface area contributed by atoms with Crippen LogP contribution >= 0.6 is 0 Å². The molecule has 3 aliphatic rings. The summed E-state index contributed by atoms with van der Waals surface area (Å²) in [4.78, 5) is 56.0. The van der Waals surface area contributed by atoms with Crippen LogP contribution in [0.1, 0.15) is 54.7 Å². The highest BCUT2D eigenvalue weighted by Crippen LogP contribution is 2.63.